The highest BCUT2D eigenvalue weighted by atomic mass is 35.5. The second-order valence-electron chi connectivity index (χ2n) is 5.42. The molecule has 0 heterocycles. The van der Waals surface area contributed by atoms with Crippen molar-refractivity contribution in [2.75, 3.05) is 11.9 Å². The van der Waals surface area contributed by atoms with Crippen molar-refractivity contribution in [3.05, 3.63) is 63.6 Å². The monoisotopic (exact) mass is 364 g/mol. The number of rotatable bonds is 6. The van der Waals surface area contributed by atoms with Gasteiger partial charge in [0, 0.05) is 21.7 Å². The lowest BCUT2D eigenvalue weighted by atomic mass is 10.1. The zero-order valence-electron chi connectivity index (χ0n) is 13.4. The smallest absolute Gasteiger partial charge is 0.238 e. The van der Waals surface area contributed by atoms with Crippen LogP contribution < -0.4 is 10.6 Å². The molecule has 0 fully saturated rings. The molecular formula is C18H18Cl2N2O2. The summed E-state index contributed by atoms with van der Waals surface area (Å²) < 4.78 is 0. The number of anilines is 1. The van der Waals surface area contributed by atoms with Gasteiger partial charge in [-0.15, -0.1) is 0 Å². The number of amides is 1. The van der Waals surface area contributed by atoms with Crippen molar-refractivity contribution in [3.63, 3.8) is 0 Å². The number of nitrogens with one attached hydrogen (secondary N) is 2. The Hall–Kier alpha value is -1.88. The molecule has 0 saturated heterocycles. The standard InChI is InChI=1S/C18H18Cl2N2O2/c1-11(14-8-7-13(19)9-16(14)20)21-10-18(24)22-17-6-4-3-5-15(17)12(2)23/h3-9,11,21H,10H2,1-2H3,(H,22,24)/t11-/m0/s1. The van der Waals surface area contributed by atoms with E-state index in [0.29, 0.717) is 21.3 Å². The Bertz CT molecular complexity index is 762. The van der Waals surface area contributed by atoms with E-state index in [1.807, 2.05) is 13.0 Å². The Morgan fingerprint density at radius 1 is 1.12 bits per heavy atom. The number of hydrogen-bond acceptors (Lipinski definition) is 3. The van der Waals surface area contributed by atoms with Crippen LogP contribution in [0.4, 0.5) is 5.69 Å². The summed E-state index contributed by atoms with van der Waals surface area (Å²) in [6.07, 6.45) is 0. The Morgan fingerprint density at radius 2 is 1.83 bits per heavy atom. The van der Waals surface area contributed by atoms with Crippen LogP contribution in [0.1, 0.15) is 35.8 Å². The molecule has 24 heavy (non-hydrogen) atoms. The van der Waals surface area contributed by atoms with E-state index in [4.69, 9.17) is 23.2 Å². The molecule has 0 aliphatic carbocycles. The highest BCUT2D eigenvalue weighted by molar-refractivity contribution is 6.35. The van der Waals surface area contributed by atoms with Crippen LogP contribution in [0, 0.1) is 0 Å². The summed E-state index contributed by atoms with van der Waals surface area (Å²) >= 11 is 12.0. The van der Waals surface area contributed by atoms with Crippen molar-refractivity contribution in [2.24, 2.45) is 0 Å². The van der Waals surface area contributed by atoms with Crippen LogP contribution in [0.3, 0.4) is 0 Å². The maximum Gasteiger partial charge on any atom is 0.238 e. The van der Waals surface area contributed by atoms with E-state index in [1.54, 1.807) is 36.4 Å². The summed E-state index contributed by atoms with van der Waals surface area (Å²) in [7, 11) is 0. The average molecular weight is 365 g/mol. The van der Waals surface area contributed by atoms with E-state index in [1.165, 1.54) is 6.92 Å². The van der Waals surface area contributed by atoms with Gasteiger partial charge in [0.2, 0.25) is 5.91 Å². The van der Waals surface area contributed by atoms with E-state index in [-0.39, 0.29) is 24.3 Å². The Labute approximate surface area is 151 Å². The third-order valence-corrected chi connectivity index (χ3v) is 4.14. The minimum Gasteiger partial charge on any atom is -0.324 e. The molecule has 0 aliphatic heterocycles. The number of carbonyl (C=O) groups is 2. The van der Waals surface area contributed by atoms with Crippen molar-refractivity contribution in [1.29, 1.82) is 0 Å². The van der Waals surface area contributed by atoms with Crippen LogP contribution >= 0.6 is 23.2 Å². The fraction of sp³-hybridized carbons (Fsp3) is 0.222. The molecule has 2 aromatic rings. The van der Waals surface area contributed by atoms with Gasteiger partial charge in [-0.3, -0.25) is 9.59 Å². The van der Waals surface area contributed by atoms with E-state index < -0.39 is 0 Å². The number of halogens is 2. The molecule has 2 rings (SSSR count). The van der Waals surface area contributed by atoms with Gasteiger partial charge in [0.1, 0.15) is 0 Å². The molecule has 0 bridgehead atoms. The summed E-state index contributed by atoms with van der Waals surface area (Å²) in [6.45, 7) is 3.46. The maximum atomic E-state index is 12.1. The average Bonchev–Trinajstić information content (AvgIpc) is 2.53. The molecule has 0 radical (unpaired) electrons. The zero-order chi connectivity index (χ0) is 17.7. The first-order chi connectivity index (χ1) is 11.4. The third kappa shape index (κ3) is 4.81. The van der Waals surface area contributed by atoms with Crippen LogP contribution in [0.5, 0.6) is 0 Å². The maximum absolute atomic E-state index is 12.1. The molecule has 0 saturated carbocycles. The molecule has 0 spiro atoms. The molecule has 4 nitrogen and oxygen atoms in total. The fourth-order valence-electron chi connectivity index (χ4n) is 2.30. The lowest BCUT2D eigenvalue weighted by Gasteiger charge is -2.16. The quantitative estimate of drug-likeness (QED) is 0.742. The number of para-hydroxylation sites is 1. The SMILES string of the molecule is CC(=O)c1ccccc1NC(=O)CN[C@@H](C)c1ccc(Cl)cc1Cl. The molecular weight excluding hydrogens is 347 g/mol. The number of ketones is 1. The van der Waals surface area contributed by atoms with Gasteiger partial charge in [-0.25, -0.2) is 0 Å². The van der Waals surface area contributed by atoms with E-state index in [2.05, 4.69) is 10.6 Å². The predicted molar refractivity (Wildman–Crippen MR) is 98.0 cm³/mol. The van der Waals surface area contributed by atoms with Crippen LogP contribution in [0.2, 0.25) is 10.0 Å². The molecule has 2 N–H and O–H groups in total. The van der Waals surface area contributed by atoms with Crippen molar-refractivity contribution in [3.8, 4) is 0 Å². The van der Waals surface area contributed by atoms with E-state index in [0.717, 1.165) is 5.56 Å². The molecule has 6 heteroatoms. The Morgan fingerprint density at radius 3 is 2.50 bits per heavy atom. The Kier molecular flexibility index (Phi) is 6.37. The van der Waals surface area contributed by atoms with Crippen LogP contribution in [-0.4, -0.2) is 18.2 Å². The zero-order valence-corrected chi connectivity index (χ0v) is 14.9. The predicted octanol–water partition coefficient (Wildman–Crippen LogP) is 4.49. The first-order valence-electron chi connectivity index (χ1n) is 7.46. The Balaban J connectivity index is 1.97. The van der Waals surface area contributed by atoms with Gasteiger partial charge in [-0.1, -0.05) is 41.4 Å². The van der Waals surface area contributed by atoms with Crippen molar-refractivity contribution in [1.82, 2.24) is 5.32 Å². The molecule has 0 unspecified atom stereocenters. The van der Waals surface area contributed by atoms with Gasteiger partial charge in [-0.2, -0.15) is 0 Å². The van der Waals surface area contributed by atoms with Crippen molar-refractivity contribution in [2.45, 2.75) is 19.9 Å². The lowest BCUT2D eigenvalue weighted by molar-refractivity contribution is -0.115. The summed E-state index contributed by atoms with van der Waals surface area (Å²) in [5.74, 6) is -0.333. The molecule has 0 aliphatic rings. The molecule has 126 valence electrons. The van der Waals surface area contributed by atoms with Gasteiger partial charge in [0.05, 0.1) is 12.2 Å². The van der Waals surface area contributed by atoms with E-state index in [9.17, 15) is 9.59 Å². The third-order valence-electron chi connectivity index (χ3n) is 3.58. The van der Waals surface area contributed by atoms with Crippen LogP contribution in [-0.2, 0) is 4.79 Å². The summed E-state index contributed by atoms with van der Waals surface area (Å²) in [6, 6.07) is 12.0. The van der Waals surface area contributed by atoms with Crippen LogP contribution in [0.15, 0.2) is 42.5 Å². The van der Waals surface area contributed by atoms with Gasteiger partial charge >= 0.3 is 0 Å². The van der Waals surface area contributed by atoms with Gasteiger partial charge in [0.25, 0.3) is 0 Å². The second kappa shape index (κ2) is 8.29. The van der Waals surface area contributed by atoms with Crippen molar-refractivity contribution < 1.29 is 9.59 Å². The first kappa shape index (κ1) is 18.5. The van der Waals surface area contributed by atoms with Gasteiger partial charge < -0.3 is 10.6 Å². The fourth-order valence-corrected chi connectivity index (χ4v) is 2.87. The van der Waals surface area contributed by atoms with Crippen molar-refractivity contribution >= 4 is 40.6 Å². The highest BCUT2D eigenvalue weighted by Gasteiger charge is 2.13. The summed E-state index contributed by atoms with van der Waals surface area (Å²) in [5.41, 5.74) is 1.85. The number of benzene rings is 2. The number of hydrogen-bond donors (Lipinski definition) is 2. The minimum atomic E-state index is -0.236. The summed E-state index contributed by atoms with van der Waals surface area (Å²) in [5, 5.41) is 6.96. The normalized spacial score (nSPS) is 11.8. The first-order valence-corrected chi connectivity index (χ1v) is 8.22. The highest BCUT2D eigenvalue weighted by Crippen LogP contribution is 2.26. The number of Topliss-reactive ketones (excluding diaryl/α,β-unsaturated/α-hetero) is 1. The second-order valence-corrected chi connectivity index (χ2v) is 6.26. The number of carbonyl (C=O) groups excluding carboxylic acids is 2. The molecule has 1 amide bonds. The van der Waals surface area contributed by atoms with Gasteiger partial charge in [-0.05, 0) is 43.7 Å². The lowest BCUT2D eigenvalue weighted by Crippen LogP contribution is -2.30. The minimum absolute atomic E-state index is 0.0896. The molecule has 2 aromatic carbocycles. The summed E-state index contributed by atoms with van der Waals surface area (Å²) in [4.78, 5) is 23.7. The largest absolute Gasteiger partial charge is 0.324 e. The molecule has 1 atom stereocenters. The van der Waals surface area contributed by atoms with E-state index >= 15 is 0 Å². The van der Waals surface area contributed by atoms with Gasteiger partial charge in [0.15, 0.2) is 5.78 Å². The van der Waals surface area contributed by atoms with Crippen LogP contribution in [0.25, 0.3) is 0 Å². The molecule has 0 aromatic heterocycles. The topological polar surface area (TPSA) is 58.2 Å².